The summed E-state index contributed by atoms with van der Waals surface area (Å²) < 4.78 is 19.0. The van der Waals surface area contributed by atoms with Crippen LogP contribution < -0.4 is 9.47 Å². The van der Waals surface area contributed by atoms with Crippen LogP contribution in [0.5, 0.6) is 11.5 Å². The molecule has 7 heteroatoms. The number of carbonyl (C=O) groups excluding carboxylic acids is 1. The van der Waals surface area contributed by atoms with Crippen molar-refractivity contribution in [3.8, 4) is 11.5 Å². The number of methoxy groups -OCH3 is 1. The minimum Gasteiger partial charge on any atom is -0.493 e. The van der Waals surface area contributed by atoms with Gasteiger partial charge in [-0.15, -0.1) is 0 Å². The SMILES string of the molecule is COc1cc(C(=O)N2CCn3cccc3C2c2ccccc2)ccc1OCc1c(C)noc1C. The van der Waals surface area contributed by atoms with Crippen LogP contribution in [0.1, 0.15) is 44.7 Å². The van der Waals surface area contributed by atoms with Gasteiger partial charge in [0.15, 0.2) is 11.5 Å². The summed E-state index contributed by atoms with van der Waals surface area (Å²) in [6.45, 7) is 5.42. The molecule has 1 amide bonds. The molecule has 1 aliphatic heterocycles. The number of hydrogen-bond acceptors (Lipinski definition) is 5. The molecule has 34 heavy (non-hydrogen) atoms. The zero-order chi connectivity index (χ0) is 23.7. The van der Waals surface area contributed by atoms with Crippen molar-refractivity contribution in [3.63, 3.8) is 0 Å². The highest BCUT2D eigenvalue weighted by molar-refractivity contribution is 5.95. The van der Waals surface area contributed by atoms with Crippen molar-refractivity contribution in [3.05, 3.63) is 101 Å². The van der Waals surface area contributed by atoms with Gasteiger partial charge in [0.25, 0.3) is 5.91 Å². The van der Waals surface area contributed by atoms with Gasteiger partial charge in [0.2, 0.25) is 0 Å². The van der Waals surface area contributed by atoms with Crippen LogP contribution >= 0.6 is 0 Å². The van der Waals surface area contributed by atoms with Crippen molar-refractivity contribution in [2.75, 3.05) is 13.7 Å². The van der Waals surface area contributed by atoms with Crippen LogP contribution in [-0.2, 0) is 13.2 Å². The highest BCUT2D eigenvalue weighted by Gasteiger charge is 2.33. The van der Waals surface area contributed by atoms with E-state index in [0.29, 0.717) is 30.2 Å². The maximum absolute atomic E-state index is 13.7. The van der Waals surface area contributed by atoms with Gasteiger partial charge in [0, 0.05) is 30.5 Å². The molecule has 1 atom stereocenters. The number of hydrogen-bond donors (Lipinski definition) is 0. The fourth-order valence-corrected chi connectivity index (χ4v) is 4.53. The molecule has 1 unspecified atom stereocenters. The molecule has 0 fully saturated rings. The lowest BCUT2D eigenvalue weighted by Gasteiger charge is -2.37. The summed E-state index contributed by atoms with van der Waals surface area (Å²) in [5, 5.41) is 3.97. The Morgan fingerprint density at radius 1 is 1.06 bits per heavy atom. The monoisotopic (exact) mass is 457 g/mol. The molecule has 174 valence electrons. The Morgan fingerprint density at radius 3 is 2.62 bits per heavy atom. The summed E-state index contributed by atoms with van der Waals surface area (Å²) in [6, 6.07) is 19.4. The number of amides is 1. The van der Waals surface area contributed by atoms with Crippen LogP contribution in [0.25, 0.3) is 0 Å². The highest BCUT2D eigenvalue weighted by atomic mass is 16.5. The summed E-state index contributed by atoms with van der Waals surface area (Å²) in [4.78, 5) is 15.7. The summed E-state index contributed by atoms with van der Waals surface area (Å²) in [5.41, 5.74) is 4.45. The maximum atomic E-state index is 13.7. The lowest BCUT2D eigenvalue weighted by molar-refractivity contribution is 0.0663. The van der Waals surface area contributed by atoms with Crippen LogP contribution in [0.15, 0.2) is 71.4 Å². The van der Waals surface area contributed by atoms with E-state index in [2.05, 4.69) is 34.1 Å². The molecular formula is C27H27N3O4. The first kappa shape index (κ1) is 21.8. The molecule has 2 aromatic heterocycles. The molecule has 0 bridgehead atoms. The van der Waals surface area contributed by atoms with Crippen LogP contribution in [-0.4, -0.2) is 34.2 Å². The predicted molar refractivity (Wildman–Crippen MR) is 127 cm³/mol. The quantitative estimate of drug-likeness (QED) is 0.411. The minimum absolute atomic E-state index is 0.0446. The van der Waals surface area contributed by atoms with E-state index >= 15 is 0 Å². The predicted octanol–water partition coefficient (Wildman–Crippen LogP) is 4.93. The van der Waals surface area contributed by atoms with Gasteiger partial charge in [0.1, 0.15) is 12.4 Å². The largest absolute Gasteiger partial charge is 0.493 e. The first-order valence-electron chi connectivity index (χ1n) is 11.3. The number of fused-ring (bicyclic) bond motifs is 1. The van der Waals surface area contributed by atoms with E-state index in [4.69, 9.17) is 14.0 Å². The molecule has 4 aromatic rings. The Labute approximate surface area is 198 Å². The van der Waals surface area contributed by atoms with Crippen molar-refractivity contribution in [1.29, 1.82) is 0 Å². The van der Waals surface area contributed by atoms with Crippen molar-refractivity contribution in [1.82, 2.24) is 14.6 Å². The Hall–Kier alpha value is -4.00. The van der Waals surface area contributed by atoms with Crippen molar-refractivity contribution >= 4 is 5.91 Å². The lowest BCUT2D eigenvalue weighted by atomic mass is 9.99. The smallest absolute Gasteiger partial charge is 0.254 e. The molecule has 3 heterocycles. The molecule has 1 aliphatic rings. The van der Waals surface area contributed by atoms with E-state index in [-0.39, 0.29) is 11.9 Å². The number of aryl methyl sites for hydroxylation is 2. The standard InChI is InChI=1S/C27H27N3O4/c1-18-22(19(2)34-28-18)17-33-24-12-11-21(16-25(24)32-3)27(31)30-15-14-29-13-7-10-23(29)26(30)20-8-5-4-6-9-20/h4-13,16,26H,14-15,17H2,1-3H3. The highest BCUT2D eigenvalue weighted by Crippen LogP contribution is 2.35. The van der Waals surface area contributed by atoms with Gasteiger partial charge in [-0.05, 0) is 49.7 Å². The van der Waals surface area contributed by atoms with E-state index in [0.717, 1.165) is 34.8 Å². The summed E-state index contributed by atoms with van der Waals surface area (Å²) in [7, 11) is 1.58. The molecule has 0 aliphatic carbocycles. The fraction of sp³-hybridized carbons (Fsp3) is 0.259. The second-order valence-corrected chi connectivity index (χ2v) is 8.40. The number of aromatic nitrogens is 2. The molecule has 0 saturated carbocycles. The zero-order valence-corrected chi connectivity index (χ0v) is 19.5. The Bertz CT molecular complexity index is 1290. The third kappa shape index (κ3) is 3.94. The molecule has 7 nitrogen and oxygen atoms in total. The van der Waals surface area contributed by atoms with Gasteiger partial charge < -0.3 is 23.5 Å². The van der Waals surface area contributed by atoms with E-state index in [1.54, 1.807) is 25.3 Å². The summed E-state index contributed by atoms with van der Waals surface area (Å²) >= 11 is 0. The van der Waals surface area contributed by atoms with Crippen LogP contribution in [0.4, 0.5) is 0 Å². The van der Waals surface area contributed by atoms with Crippen molar-refractivity contribution in [2.24, 2.45) is 0 Å². The Kier molecular flexibility index (Phi) is 5.84. The van der Waals surface area contributed by atoms with Gasteiger partial charge in [-0.3, -0.25) is 4.79 Å². The number of benzene rings is 2. The van der Waals surface area contributed by atoms with E-state index < -0.39 is 0 Å². The first-order valence-corrected chi connectivity index (χ1v) is 11.3. The third-order valence-electron chi connectivity index (χ3n) is 6.38. The van der Waals surface area contributed by atoms with Crippen LogP contribution in [0.2, 0.25) is 0 Å². The average molecular weight is 458 g/mol. The maximum Gasteiger partial charge on any atom is 0.254 e. The van der Waals surface area contributed by atoms with Gasteiger partial charge in [-0.25, -0.2) is 0 Å². The van der Waals surface area contributed by atoms with E-state index in [1.165, 1.54) is 0 Å². The molecule has 0 saturated heterocycles. The van der Waals surface area contributed by atoms with Gasteiger partial charge in [0.05, 0.1) is 24.4 Å². The average Bonchev–Trinajstić information content (AvgIpc) is 3.48. The Morgan fingerprint density at radius 2 is 1.88 bits per heavy atom. The second-order valence-electron chi connectivity index (χ2n) is 8.40. The van der Waals surface area contributed by atoms with Crippen LogP contribution in [0.3, 0.4) is 0 Å². The fourth-order valence-electron chi connectivity index (χ4n) is 4.53. The van der Waals surface area contributed by atoms with Gasteiger partial charge >= 0.3 is 0 Å². The van der Waals surface area contributed by atoms with Crippen molar-refractivity contribution < 1.29 is 18.8 Å². The normalized spacial score (nSPS) is 15.1. The molecular weight excluding hydrogens is 430 g/mol. The van der Waals surface area contributed by atoms with Crippen LogP contribution in [0, 0.1) is 13.8 Å². The second kappa shape index (κ2) is 9.09. The zero-order valence-electron chi connectivity index (χ0n) is 19.5. The number of rotatable bonds is 6. The van der Waals surface area contributed by atoms with E-state index in [1.807, 2.05) is 43.0 Å². The van der Waals surface area contributed by atoms with Crippen molar-refractivity contribution in [2.45, 2.75) is 33.0 Å². The topological polar surface area (TPSA) is 69.7 Å². The molecule has 0 spiro atoms. The molecule has 5 rings (SSSR count). The lowest BCUT2D eigenvalue weighted by Crippen LogP contribution is -2.42. The molecule has 0 N–H and O–H groups in total. The summed E-state index contributed by atoms with van der Waals surface area (Å²) in [6.07, 6.45) is 2.07. The molecule has 0 radical (unpaired) electrons. The molecule has 2 aromatic carbocycles. The number of ether oxygens (including phenoxy) is 2. The number of carbonyl (C=O) groups is 1. The minimum atomic E-state index is -0.154. The first-order chi connectivity index (χ1) is 16.6. The van der Waals surface area contributed by atoms with Gasteiger partial charge in [-0.1, -0.05) is 35.5 Å². The van der Waals surface area contributed by atoms with Gasteiger partial charge in [-0.2, -0.15) is 0 Å². The number of nitrogens with zero attached hydrogens (tertiary/aromatic N) is 3. The third-order valence-corrected chi connectivity index (χ3v) is 6.38. The summed E-state index contributed by atoms with van der Waals surface area (Å²) in [5.74, 6) is 1.75. The van der Waals surface area contributed by atoms with E-state index in [9.17, 15) is 4.79 Å². The Balaban J connectivity index is 1.42.